The molecule has 0 radical (unpaired) electrons. The van der Waals surface area contributed by atoms with Crippen LogP contribution in [0.2, 0.25) is 0 Å². The SMILES string of the molecule is CC1CN(Cc2ccccc2)C(=O)C(=C2SC=CS2)C1=O. The first kappa shape index (κ1) is 14.5. The van der Waals surface area contributed by atoms with Crippen molar-refractivity contribution < 1.29 is 9.59 Å². The van der Waals surface area contributed by atoms with E-state index in [4.69, 9.17) is 0 Å². The van der Waals surface area contributed by atoms with Crippen LogP contribution in [0.1, 0.15) is 12.5 Å². The second-order valence-corrected chi connectivity index (χ2v) is 7.20. The second-order valence-electron chi connectivity index (χ2n) is 5.11. The Hall–Kier alpha value is -1.46. The van der Waals surface area contributed by atoms with Crippen molar-refractivity contribution in [1.82, 2.24) is 4.90 Å². The minimum Gasteiger partial charge on any atom is -0.333 e. The first-order valence-electron chi connectivity index (χ1n) is 6.77. The van der Waals surface area contributed by atoms with Crippen LogP contribution in [0.4, 0.5) is 0 Å². The maximum Gasteiger partial charge on any atom is 0.259 e. The van der Waals surface area contributed by atoms with Crippen molar-refractivity contribution in [3.8, 4) is 0 Å². The Morgan fingerprint density at radius 3 is 2.48 bits per heavy atom. The van der Waals surface area contributed by atoms with Gasteiger partial charge >= 0.3 is 0 Å². The number of likely N-dealkylation sites (tertiary alicyclic amines) is 1. The molecular weight excluding hydrogens is 302 g/mol. The van der Waals surface area contributed by atoms with Gasteiger partial charge in [-0.05, 0) is 16.4 Å². The van der Waals surface area contributed by atoms with E-state index in [1.807, 2.05) is 48.1 Å². The molecule has 3 nitrogen and oxygen atoms in total. The van der Waals surface area contributed by atoms with Gasteiger partial charge in [0.05, 0.1) is 4.24 Å². The molecule has 2 heterocycles. The number of hydrogen-bond acceptors (Lipinski definition) is 4. The van der Waals surface area contributed by atoms with E-state index in [9.17, 15) is 9.59 Å². The Bertz CT molecular complexity index is 627. The summed E-state index contributed by atoms with van der Waals surface area (Å²) in [6.07, 6.45) is 0. The summed E-state index contributed by atoms with van der Waals surface area (Å²) in [5, 5.41) is 3.82. The lowest BCUT2D eigenvalue weighted by Crippen LogP contribution is -2.45. The van der Waals surface area contributed by atoms with Gasteiger partial charge in [0.15, 0.2) is 5.78 Å². The zero-order chi connectivity index (χ0) is 14.8. The topological polar surface area (TPSA) is 37.4 Å². The number of hydrogen-bond donors (Lipinski definition) is 0. The quantitative estimate of drug-likeness (QED) is 0.619. The number of thioether (sulfide) groups is 2. The molecule has 0 aliphatic carbocycles. The average Bonchev–Trinajstić information content (AvgIpc) is 3.00. The van der Waals surface area contributed by atoms with E-state index in [2.05, 4.69) is 0 Å². The standard InChI is InChI=1S/C16H15NO2S2/c1-11-9-17(10-12-5-3-2-4-6-12)15(19)13(14(11)18)16-20-7-8-21-16/h2-8,11H,9-10H2,1H3. The van der Waals surface area contributed by atoms with Crippen molar-refractivity contribution in [1.29, 1.82) is 0 Å². The third-order valence-corrected chi connectivity index (χ3v) is 5.65. The first-order valence-corrected chi connectivity index (χ1v) is 8.53. The van der Waals surface area contributed by atoms with Crippen LogP contribution in [0.25, 0.3) is 0 Å². The summed E-state index contributed by atoms with van der Waals surface area (Å²) in [6, 6.07) is 9.89. The molecule has 5 heteroatoms. The van der Waals surface area contributed by atoms with Crippen molar-refractivity contribution in [2.75, 3.05) is 6.54 Å². The molecule has 0 N–H and O–H groups in total. The highest BCUT2D eigenvalue weighted by atomic mass is 32.2. The lowest BCUT2D eigenvalue weighted by atomic mass is 9.93. The van der Waals surface area contributed by atoms with E-state index in [0.717, 1.165) is 9.80 Å². The Morgan fingerprint density at radius 2 is 1.81 bits per heavy atom. The van der Waals surface area contributed by atoms with Gasteiger partial charge < -0.3 is 4.90 Å². The first-order chi connectivity index (χ1) is 10.2. The Labute approximate surface area is 132 Å². The molecule has 0 spiro atoms. The zero-order valence-corrected chi connectivity index (χ0v) is 13.2. The molecule has 108 valence electrons. The van der Waals surface area contributed by atoms with E-state index >= 15 is 0 Å². The maximum atomic E-state index is 12.7. The summed E-state index contributed by atoms with van der Waals surface area (Å²) in [5.74, 6) is -0.306. The van der Waals surface area contributed by atoms with Crippen molar-refractivity contribution in [2.45, 2.75) is 13.5 Å². The summed E-state index contributed by atoms with van der Waals surface area (Å²) in [4.78, 5) is 26.8. The Balaban J connectivity index is 1.88. The number of ketones is 1. The molecule has 2 aliphatic heterocycles. The third kappa shape index (κ3) is 2.94. The van der Waals surface area contributed by atoms with Gasteiger partial charge in [0.25, 0.3) is 5.91 Å². The number of benzene rings is 1. The van der Waals surface area contributed by atoms with Gasteiger partial charge in [-0.15, -0.1) is 0 Å². The Kier molecular flexibility index (Phi) is 4.22. The van der Waals surface area contributed by atoms with Gasteiger partial charge in [-0.25, -0.2) is 0 Å². The summed E-state index contributed by atoms with van der Waals surface area (Å²) >= 11 is 2.92. The van der Waals surface area contributed by atoms with Crippen LogP contribution in [0.5, 0.6) is 0 Å². The minimum absolute atomic E-state index is 0.0250. The maximum absolute atomic E-state index is 12.7. The predicted molar refractivity (Wildman–Crippen MR) is 87.4 cm³/mol. The molecule has 1 unspecified atom stereocenters. The van der Waals surface area contributed by atoms with E-state index in [0.29, 0.717) is 18.7 Å². The largest absolute Gasteiger partial charge is 0.333 e. The number of Topliss-reactive ketones (excluding diaryl/α,β-unsaturated/α-hetero) is 1. The molecule has 0 aromatic heterocycles. The molecule has 0 bridgehead atoms. The van der Waals surface area contributed by atoms with E-state index < -0.39 is 0 Å². The number of carbonyl (C=O) groups excluding carboxylic acids is 2. The molecule has 21 heavy (non-hydrogen) atoms. The fourth-order valence-electron chi connectivity index (χ4n) is 2.46. The summed E-state index contributed by atoms with van der Waals surface area (Å²) in [5.41, 5.74) is 1.45. The molecule has 1 fully saturated rings. The van der Waals surface area contributed by atoms with Crippen LogP contribution in [-0.4, -0.2) is 23.1 Å². The van der Waals surface area contributed by atoms with Crippen molar-refractivity contribution >= 4 is 35.2 Å². The molecule has 3 rings (SSSR count). The van der Waals surface area contributed by atoms with Gasteiger partial charge in [0, 0.05) is 19.0 Å². The van der Waals surface area contributed by atoms with Crippen molar-refractivity contribution in [2.24, 2.45) is 5.92 Å². The summed E-state index contributed by atoms with van der Waals surface area (Å²) < 4.78 is 0.814. The van der Waals surface area contributed by atoms with Crippen LogP contribution < -0.4 is 0 Å². The van der Waals surface area contributed by atoms with Crippen LogP contribution >= 0.6 is 23.5 Å². The van der Waals surface area contributed by atoms with Gasteiger partial charge in [-0.3, -0.25) is 9.59 Å². The molecule has 1 amide bonds. The number of rotatable bonds is 2. The monoisotopic (exact) mass is 317 g/mol. The van der Waals surface area contributed by atoms with Gasteiger partial charge in [0.1, 0.15) is 5.57 Å². The van der Waals surface area contributed by atoms with Crippen molar-refractivity contribution in [3.05, 3.63) is 56.5 Å². The normalized spacial score (nSPS) is 22.3. The van der Waals surface area contributed by atoms with E-state index in [-0.39, 0.29) is 17.6 Å². The highest BCUT2D eigenvalue weighted by Gasteiger charge is 2.37. The molecule has 1 atom stereocenters. The van der Waals surface area contributed by atoms with Crippen LogP contribution in [0.15, 0.2) is 51.0 Å². The fourth-order valence-corrected chi connectivity index (χ4v) is 4.32. The molecule has 2 aliphatic rings. The molecule has 1 aromatic rings. The van der Waals surface area contributed by atoms with Gasteiger partial charge in [0.2, 0.25) is 0 Å². The van der Waals surface area contributed by atoms with Crippen LogP contribution in [0, 0.1) is 5.92 Å². The smallest absolute Gasteiger partial charge is 0.259 e. The number of carbonyl (C=O) groups is 2. The lowest BCUT2D eigenvalue weighted by molar-refractivity contribution is -0.136. The summed E-state index contributed by atoms with van der Waals surface area (Å²) in [6.45, 7) is 2.94. The second kappa shape index (κ2) is 6.12. The van der Waals surface area contributed by atoms with Gasteiger partial charge in [-0.1, -0.05) is 60.8 Å². The predicted octanol–water partition coefficient (Wildman–Crippen LogP) is 3.40. The number of piperidine rings is 1. The molecular formula is C16H15NO2S2. The highest BCUT2D eigenvalue weighted by Crippen LogP contribution is 2.42. The lowest BCUT2D eigenvalue weighted by Gasteiger charge is -2.32. The number of amides is 1. The van der Waals surface area contributed by atoms with Crippen LogP contribution in [0.3, 0.4) is 0 Å². The molecule has 1 saturated heterocycles. The average molecular weight is 317 g/mol. The molecule has 0 saturated carbocycles. The van der Waals surface area contributed by atoms with E-state index in [1.54, 1.807) is 4.90 Å². The van der Waals surface area contributed by atoms with Gasteiger partial charge in [-0.2, -0.15) is 0 Å². The Morgan fingerprint density at radius 1 is 1.14 bits per heavy atom. The van der Waals surface area contributed by atoms with E-state index in [1.165, 1.54) is 23.5 Å². The summed E-state index contributed by atoms with van der Waals surface area (Å²) in [7, 11) is 0. The van der Waals surface area contributed by atoms with Crippen molar-refractivity contribution in [3.63, 3.8) is 0 Å². The van der Waals surface area contributed by atoms with Crippen LogP contribution in [-0.2, 0) is 16.1 Å². The third-order valence-electron chi connectivity index (χ3n) is 3.52. The zero-order valence-electron chi connectivity index (χ0n) is 11.6. The fraction of sp³-hybridized carbons (Fsp3) is 0.250. The number of nitrogens with zero attached hydrogens (tertiary/aromatic N) is 1. The minimum atomic E-state index is -0.143. The molecule has 1 aromatic carbocycles. The highest BCUT2D eigenvalue weighted by molar-refractivity contribution is 8.27.